The molecule has 0 bridgehead atoms. The number of benzene rings is 2. The van der Waals surface area contributed by atoms with Crippen molar-refractivity contribution in [1.82, 2.24) is 0 Å². The normalized spacial score (nSPS) is 12.3. The summed E-state index contributed by atoms with van der Waals surface area (Å²) in [5.74, 6) is -0.103. The van der Waals surface area contributed by atoms with Gasteiger partial charge < -0.3 is 5.11 Å². The number of aromatic hydroxyl groups is 1. The number of hydrogen-bond acceptors (Lipinski definition) is 1. The molecule has 0 aliphatic heterocycles. The van der Waals surface area contributed by atoms with Crippen molar-refractivity contribution in [2.75, 3.05) is 0 Å². The Labute approximate surface area is 103 Å². The summed E-state index contributed by atoms with van der Waals surface area (Å²) < 4.78 is 39.0. The summed E-state index contributed by atoms with van der Waals surface area (Å²) in [6.45, 7) is 3.61. The van der Waals surface area contributed by atoms with Gasteiger partial charge in [-0.05, 0) is 40.5 Å². The van der Waals surface area contributed by atoms with Gasteiger partial charge in [-0.2, -0.15) is 13.2 Å². The molecule has 0 fully saturated rings. The Bertz CT molecular complexity index is 585. The van der Waals surface area contributed by atoms with Gasteiger partial charge in [-0.15, -0.1) is 0 Å². The lowest BCUT2D eigenvalue weighted by atomic mass is 9.92. The number of phenolic OH excluding ortho intramolecular Hbond substituents is 1. The smallest absolute Gasteiger partial charge is 0.417 e. The summed E-state index contributed by atoms with van der Waals surface area (Å²) in [7, 11) is 0. The number of rotatable bonds is 1. The van der Waals surface area contributed by atoms with Crippen LogP contribution in [0.5, 0.6) is 5.75 Å². The zero-order chi connectivity index (χ0) is 13.5. The molecule has 18 heavy (non-hydrogen) atoms. The zero-order valence-electron chi connectivity index (χ0n) is 10.0. The van der Waals surface area contributed by atoms with Crippen molar-refractivity contribution < 1.29 is 18.3 Å². The summed E-state index contributed by atoms with van der Waals surface area (Å²) in [6, 6.07) is 6.77. The Hall–Kier alpha value is -1.71. The van der Waals surface area contributed by atoms with Gasteiger partial charge in [-0.25, -0.2) is 0 Å². The van der Waals surface area contributed by atoms with Crippen LogP contribution >= 0.6 is 0 Å². The summed E-state index contributed by atoms with van der Waals surface area (Å²) >= 11 is 0. The van der Waals surface area contributed by atoms with E-state index in [4.69, 9.17) is 0 Å². The van der Waals surface area contributed by atoms with Crippen LogP contribution in [0.3, 0.4) is 0 Å². The molecular formula is C14H13F3O. The molecule has 0 spiro atoms. The van der Waals surface area contributed by atoms with Gasteiger partial charge in [0.15, 0.2) is 0 Å². The number of alkyl halides is 3. The molecule has 0 aliphatic carbocycles. The van der Waals surface area contributed by atoms with E-state index >= 15 is 0 Å². The lowest BCUT2D eigenvalue weighted by Crippen LogP contribution is -2.07. The third kappa shape index (κ3) is 2.15. The topological polar surface area (TPSA) is 20.2 Å². The van der Waals surface area contributed by atoms with Crippen LogP contribution in [0.1, 0.15) is 30.9 Å². The molecule has 0 aromatic heterocycles. The number of halogens is 3. The van der Waals surface area contributed by atoms with Gasteiger partial charge in [0.25, 0.3) is 0 Å². The SMILES string of the molecule is CC(C)c1cc(O)cc2cccc(C(F)(F)F)c12. The molecule has 2 aromatic rings. The predicted octanol–water partition coefficient (Wildman–Crippen LogP) is 4.69. The largest absolute Gasteiger partial charge is 0.508 e. The second-order valence-electron chi connectivity index (χ2n) is 4.59. The zero-order valence-corrected chi connectivity index (χ0v) is 10.0. The Balaban J connectivity index is 2.90. The van der Waals surface area contributed by atoms with Crippen LogP contribution in [0.15, 0.2) is 30.3 Å². The first-order chi connectivity index (χ1) is 8.30. The van der Waals surface area contributed by atoms with Crippen LogP contribution in [-0.4, -0.2) is 5.11 Å². The maximum absolute atomic E-state index is 13.0. The van der Waals surface area contributed by atoms with E-state index in [1.807, 2.05) is 0 Å². The quantitative estimate of drug-likeness (QED) is 0.782. The fourth-order valence-electron chi connectivity index (χ4n) is 2.14. The van der Waals surface area contributed by atoms with Crippen LogP contribution in [0.2, 0.25) is 0 Å². The third-order valence-corrected chi connectivity index (χ3v) is 2.92. The van der Waals surface area contributed by atoms with Crippen molar-refractivity contribution >= 4 is 10.8 Å². The molecule has 0 radical (unpaired) electrons. The lowest BCUT2D eigenvalue weighted by Gasteiger charge is -2.16. The highest BCUT2D eigenvalue weighted by Gasteiger charge is 2.33. The molecule has 4 heteroatoms. The monoisotopic (exact) mass is 254 g/mol. The van der Waals surface area contributed by atoms with Crippen LogP contribution in [0.25, 0.3) is 10.8 Å². The van der Waals surface area contributed by atoms with E-state index in [1.165, 1.54) is 18.2 Å². The Kier molecular flexibility index (Phi) is 2.97. The Morgan fingerprint density at radius 3 is 2.33 bits per heavy atom. The molecule has 2 rings (SSSR count). The van der Waals surface area contributed by atoms with E-state index in [0.717, 1.165) is 6.07 Å². The van der Waals surface area contributed by atoms with E-state index in [1.54, 1.807) is 19.9 Å². The maximum Gasteiger partial charge on any atom is 0.417 e. The van der Waals surface area contributed by atoms with E-state index < -0.39 is 11.7 Å². The minimum absolute atomic E-state index is 0.00877. The van der Waals surface area contributed by atoms with E-state index in [0.29, 0.717) is 10.9 Å². The van der Waals surface area contributed by atoms with Crippen LogP contribution in [-0.2, 0) is 6.18 Å². The highest BCUT2D eigenvalue weighted by atomic mass is 19.4. The molecule has 96 valence electrons. The van der Waals surface area contributed by atoms with Crippen LogP contribution < -0.4 is 0 Å². The van der Waals surface area contributed by atoms with Gasteiger partial charge in [-0.1, -0.05) is 26.0 Å². The van der Waals surface area contributed by atoms with E-state index in [-0.39, 0.29) is 17.1 Å². The van der Waals surface area contributed by atoms with Gasteiger partial charge in [-0.3, -0.25) is 0 Å². The Morgan fingerprint density at radius 2 is 1.78 bits per heavy atom. The summed E-state index contributed by atoms with van der Waals surface area (Å²) in [5, 5.41) is 10.2. The molecule has 1 N–H and O–H groups in total. The van der Waals surface area contributed by atoms with Gasteiger partial charge in [0.2, 0.25) is 0 Å². The molecule has 0 unspecified atom stereocenters. The van der Waals surface area contributed by atoms with Crippen molar-refractivity contribution in [2.24, 2.45) is 0 Å². The number of fused-ring (bicyclic) bond motifs is 1. The molecule has 0 saturated carbocycles. The summed E-state index contributed by atoms with van der Waals surface area (Å²) in [6.07, 6.45) is -4.39. The molecule has 0 atom stereocenters. The average Bonchev–Trinajstić information content (AvgIpc) is 2.25. The van der Waals surface area contributed by atoms with Gasteiger partial charge >= 0.3 is 6.18 Å². The van der Waals surface area contributed by atoms with E-state index in [9.17, 15) is 18.3 Å². The van der Waals surface area contributed by atoms with Crippen molar-refractivity contribution in [3.63, 3.8) is 0 Å². The first kappa shape index (κ1) is 12.7. The molecule has 0 saturated heterocycles. The third-order valence-electron chi connectivity index (χ3n) is 2.92. The predicted molar refractivity (Wildman–Crippen MR) is 64.7 cm³/mol. The Morgan fingerprint density at radius 1 is 1.11 bits per heavy atom. The van der Waals surface area contributed by atoms with Gasteiger partial charge in [0, 0.05) is 0 Å². The van der Waals surface area contributed by atoms with E-state index in [2.05, 4.69) is 0 Å². The van der Waals surface area contributed by atoms with Gasteiger partial charge in [0.05, 0.1) is 5.56 Å². The standard InChI is InChI=1S/C14H13F3O/c1-8(2)11-7-10(18)6-9-4-3-5-12(13(9)11)14(15,16)17/h3-8,18H,1-2H3. The highest BCUT2D eigenvalue weighted by molar-refractivity contribution is 5.91. The average molecular weight is 254 g/mol. The molecular weight excluding hydrogens is 241 g/mol. The van der Waals surface area contributed by atoms with Crippen molar-refractivity contribution in [2.45, 2.75) is 25.9 Å². The molecule has 1 nitrogen and oxygen atoms in total. The molecule has 2 aromatic carbocycles. The fourth-order valence-corrected chi connectivity index (χ4v) is 2.14. The molecule has 0 amide bonds. The summed E-state index contributed by atoms with van der Waals surface area (Å²) in [5.41, 5.74) is -0.137. The molecule has 0 aliphatic rings. The summed E-state index contributed by atoms with van der Waals surface area (Å²) in [4.78, 5) is 0. The minimum Gasteiger partial charge on any atom is -0.508 e. The number of phenols is 1. The van der Waals surface area contributed by atoms with Crippen molar-refractivity contribution in [1.29, 1.82) is 0 Å². The maximum atomic E-state index is 13.0. The second-order valence-corrected chi connectivity index (χ2v) is 4.59. The van der Waals surface area contributed by atoms with Crippen LogP contribution in [0.4, 0.5) is 13.2 Å². The highest BCUT2D eigenvalue weighted by Crippen LogP contribution is 2.39. The van der Waals surface area contributed by atoms with Crippen LogP contribution in [0, 0.1) is 0 Å². The molecule has 0 heterocycles. The van der Waals surface area contributed by atoms with Crippen molar-refractivity contribution in [3.8, 4) is 5.75 Å². The first-order valence-corrected chi connectivity index (χ1v) is 5.63. The van der Waals surface area contributed by atoms with Crippen molar-refractivity contribution in [3.05, 3.63) is 41.5 Å². The lowest BCUT2D eigenvalue weighted by molar-refractivity contribution is -0.136. The van der Waals surface area contributed by atoms with Gasteiger partial charge in [0.1, 0.15) is 5.75 Å². The fraction of sp³-hybridized carbons (Fsp3) is 0.286. The first-order valence-electron chi connectivity index (χ1n) is 5.63. The number of hydrogen-bond donors (Lipinski definition) is 1. The second kappa shape index (κ2) is 4.19. The minimum atomic E-state index is -4.39.